The maximum Gasteiger partial charge on any atom is 0.236 e. The first-order chi connectivity index (χ1) is 8.70. The van der Waals surface area contributed by atoms with Crippen LogP contribution in [-0.2, 0) is 11.3 Å². The maximum absolute atomic E-state index is 11.9. The van der Waals surface area contributed by atoms with Crippen molar-refractivity contribution in [1.29, 1.82) is 0 Å². The first-order valence-corrected chi connectivity index (χ1v) is 6.72. The third kappa shape index (κ3) is 3.15. The molecule has 8 heteroatoms. The van der Waals surface area contributed by atoms with Crippen molar-refractivity contribution in [1.82, 2.24) is 19.4 Å². The third-order valence-corrected chi connectivity index (χ3v) is 3.67. The zero-order valence-corrected chi connectivity index (χ0v) is 11.2. The van der Waals surface area contributed by atoms with Crippen LogP contribution in [0.25, 0.3) is 0 Å². The molecular weight excluding hydrogens is 252 g/mol. The Labute approximate surface area is 110 Å². The van der Waals surface area contributed by atoms with Gasteiger partial charge in [-0.1, -0.05) is 4.49 Å². The van der Waals surface area contributed by atoms with E-state index in [1.807, 2.05) is 16.8 Å². The second-order valence-electron chi connectivity index (χ2n) is 4.45. The number of nitrogen functional groups attached to an aromatic ring is 1. The first-order valence-electron chi connectivity index (χ1n) is 5.95. The monoisotopic (exact) mass is 270 g/mol. The summed E-state index contributed by atoms with van der Waals surface area (Å²) in [7, 11) is 1.90. The molecule has 2 rings (SSSR count). The topological polar surface area (TPSA) is 87.4 Å². The van der Waals surface area contributed by atoms with E-state index in [0.29, 0.717) is 13.1 Å². The lowest BCUT2D eigenvalue weighted by Crippen LogP contribution is -2.37. The van der Waals surface area contributed by atoms with Gasteiger partial charge in [0.25, 0.3) is 0 Å². The smallest absolute Gasteiger partial charge is 0.236 e. The van der Waals surface area contributed by atoms with E-state index in [0.717, 1.165) is 36.6 Å². The molecule has 1 aromatic rings. The molecule has 1 fully saturated rings. The van der Waals surface area contributed by atoms with Crippen molar-refractivity contribution in [2.24, 2.45) is 5.84 Å². The highest BCUT2D eigenvalue weighted by atomic mass is 32.1. The predicted octanol–water partition coefficient (Wildman–Crippen LogP) is -0.122. The molecule has 1 amide bonds. The van der Waals surface area contributed by atoms with Gasteiger partial charge >= 0.3 is 0 Å². The summed E-state index contributed by atoms with van der Waals surface area (Å²) in [5.41, 5.74) is 3.34. The van der Waals surface area contributed by atoms with Crippen molar-refractivity contribution in [3.8, 4) is 0 Å². The van der Waals surface area contributed by atoms with E-state index < -0.39 is 0 Å². The largest absolute Gasteiger partial charge is 0.342 e. The Bertz CT molecular complexity index is 403. The van der Waals surface area contributed by atoms with Crippen molar-refractivity contribution in [3.05, 3.63) is 5.69 Å². The molecule has 100 valence electrons. The minimum absolute atomic E-state index is 0.181. The van der Waals surface area contributed by atoms with E-state index in [-0.39, 0.29) is 5.91 Å². The molecule has 0 radical (unpaired) electrons. The number of hydrazine groups is 1. The Balaban J connectivity index is 1.84. The van der Waals surface area contributed by atoms with Crippen LogP contribution in [0, 0.1) is 0 Å². The fourth-order valence-electron chi connectivity index (χ4n) is 2.03. The summed E-state index contributed by atoms with van der Waals surface area (Å²) in [5.74, 6) is 5.54. The van der Waals surface area contributed by atoms with Gasteiger partial charge in [-0.2, -0.15) is 0 Å². The van der Waals surface area contributed by atoms with Crippen molar-refractivity contribution < 1.29 is 4.79 Å². The number of likely N-dealkylation sites (tertiary alicyclic amines) is 1. The number of rotatable bonds is 5. The zero-order chi connectivity index (χ0) is 13.0. The van der Waals surface area contributed by atoms with Gasteiger partial charge in [0.2, 0.25) is 5.91 Å². The number of hydrogen-bond acceptors (Lipinski definition) is 7. The second-order valence-corrected chi connectivity index (χ2v) is 5.21. The summed E-state index contributed by atoms with van der Waals surface area (Å²) in [6.07, 6.45) is 2.24. The van der Waals surface area contributed by atoms with Gasteiger partial charge in [-0.15, -0.1) is 5.10 Å². The molecule has 0 saturated carbocycles. The molecule has 1 aromatic heterocycles. The van der Waals surface area contributed by atoms with E-state index in [1.165, 1.54) is 11.5 Å². The van der Waals surface area contributed by atoms with Crippen molar-refractivity contribution in [3.63, 3.8) is 0 Å². The number of carbonyl (C=O) groups excluding carboxylic acids is 1. The van der Waals surface area contributed by atoms with Gasteiger partial charge in [0.15, 0.2) is 0 Å². The Hall–Kier alpha value is -1.25. The predicted molar refractivity (Wildman–Crippen MR) is 69.9 cm³/mol. The second kappa shape index (κ2) is 6.07. The summed E-state index contributed by atoms with van der Waals surface area (Å²) < 4.78 is 3.83. The summed E-state index contributed by atoms with van der Waals surface area (Å²) in [4.78, 5) is 15.8. The van der Waals surface area contributed by atoms with E-state index in [1.54, 1.807) is 0 Å². The van der Waals surface area contributed by atoms with Crippen molar-refractivity contribution in [2.75, 3.05) is 32.1 Å². The molecule has 7 nitrogen and oxygen atoms in total. The molecule has 3 N–H and O–H groups in total. The number of nitrogens with one attached hydrogen (secondary N) is 1. The first kappa shape index (κ1) is 13.2. The molecule has 0 aromatic carbocycles. The minimum Gasteiger partial charge on any atom is -0.342 e. The lowest BCUT2D eigenvalue weighted by atomic mass is 10.4. The minimum atomic E-state index is 0.181. The molecule has 18 heavy (non-hydrogen) atoms. The van der Waals surface area contributed by atoms with Crippen LogP contribution in [0.1, 0.15) is 18.5 Å². The van der Waals surface area contributed by atoms with Crippen LogP contribution in [0.4, 0.5) is 5.00 Å². The van der Waals surface area contributed by atoms with Crippen molar-refractivity contribution >= 4 is 22.4 Å². The Morgan fingerprint density at radius 1 is 1.56 bits per heavy atom. The van der Waals surface area contributed by atoms with Gasteiger partial charge in [0.1, 0.15) is 10.7 Å². The molecule has 1 aliphatic rings. The van der Waals surface area contributed by atoms with Gasteiger partial charge in [0.05, 0.1) is 6.54 Å². The molecule has 0 spiro atoms. The van der Waals surface area contributed by atoms with Gasteiger partial charge < -0.3 is 10.3 Å². The molecule has 0 aliphatic carbocycles. The lowest BCUT2D eigenvalue weighted by molar-refractivity contribution is -0.131. The molecule has 1 saturated heterocycles. The standard InChI is InChI=1S/C10H18N6OS/c1-15(6-8-10(12-11)18-14-13-8)7-9(17)16-4-2-3-5-16/h12H,2-7,11H2,1H3. The van der Waals surface area contributed by atoms with Crippen LogP contribution in [0.5, 0.6) is 0 Å². The average Bonchev–Trinajstić information content (AvgIpc) is 2.98. The van der Waals surface area contributed by atoms with Crippen LogP contribution >= 0.6 is 11.5 Å². The van der Waals surface area contributed by atoms with Gasteiger partial charge in [-0.3, -0.25) is 9.69 Å². The summed E-state index contributed by atoms with van der Waals surface area (Å²) >= 11 is 1.22. The number of amides is 1. The van der Waals surface area contributed by atoms with E-state index >= 15 is 0 Å². The van der Waals surface area contributed by atoms with Crippen LogP contribution in [0.3, 0.4) is 0 Å². The number of hydrogen-bond donors (Lipinski definition) is 2. The third-order valence-electron chi connectivity index (χ3n) is 2.97. The average molecular weight is 270 g/mol. The Morgan fingerprint density at radius 2 is 2.28 bits per heavy atom. The van der Waals surface area contributed by atoms with Crippen LogP contribution in [0.2, 0.25) is 0 Å². The highest BCUT2D eigenvalue weighted by Gasteiger charge is 2.20. The van der Waals surface area contributed by atoms with Crippen molar-refractivity contribution in [2.45, 2.75) is 19.4 Å². The van der Waals surface area contributed by atoms with Gasteiger partial charge in [-0.05, 0) is 19.9 Å². The maximum atomic E-state index is 11.9. The molecule has 1 aliphatic heterocycles. The number of aromatic nitrogens is 2. The number of carbonyl (C=O) groups is 1. The molecule has 0 unspecified atom stereocenters. The summed E-state index contributed by atoms with van der Waals surface area (Å²) in [6, 6.07) is 0. The van der Waals surface area contributed by atoms with Gasteiger partial charge in [-0.25, -0.2) is 5.84 Å². The molecule has 0 bridgehead atoms. The normalized spacial score (nSPS) is 15.4. The Morgan fingerprint density at radius 3 is 2.94 bits per heavy atom. The van der Waals surface area contributed by atoms with Crippen LogP contribution in [0.15, 0.2) is 0 Å². The lowest BCUT2D eigenvalue weighted by Gasteiger charge is -2.20. The summed E-state index contributed by atoms with van der Waals surface area (Å²) in [6.45, 7) is 2.75. The van der Waals surface area contributed by atoms with E-state index in [9.17, 15) is 4.79 Å². The van der Waals surface area contributed by atoms with Crippen LogP contribution in [-0.4, -0.2) is 52.0 Å². The summed E-state index contributed by atoms with van der Waals surface area (Å²) in [5, 5.41) is 4.74. The number of anilines is 1. The van der Waals surface area contributed by atoms with Crippen LogP contribution < -0.4 is 11.3 Å². The van der Waals surface area contributed by atoms with Gasteiger partial charge in [0, 0.05) is 31.2 Å². The quantitative estimate of drug-likeness (QED) is 0.573. The number of nitrogens with two attached hydrogens (primary N) is 1. The fourth-order valence-corrected chi connectivity index (χ4v) is 2.52. The van der Waals surface area contributed by atoms with E-state index in [2.05, 4.69) is 15.0 Å². The van der Waals surface area contributed by atoms with E-state index in [4.69, 9.17) is 5.84 Å². The molecular formula is C10H18N6OS. The molecule has 2 heterocycles. The molecule has 0 atom stereocenters. The number of likely N-dealkylation sites (N-methyl/N-ethyl adjacent to an activating group) is 1. The SMILES string of the molecule is CN(CC(=O)N1CCCC1)Cc1nnsc1NN. The Kier molecular flexibility index (Phi) is 4.45. The zero-order valence-electron chi connectivity index (χ0n) is 10.4. The number of nitrogens with zero attached hydrogens (tertiary/aromatic N) is 4. The highest BCUT2D eigenvalue weighted by Crippen LogP contribution is 2.17. The highest BCUT2D eigenvalue weighted by molar-refractivity contribution is 7.10. The fraction of sp³-hybridized carbons (Fsp3) is 0.700.